The van der Waals surface area contributed by atoms with E-state index in [1.807, 2.05) is 36.4 Å². The van der Waals surface area contributed by atoms with E-state index in [1.165, 1.54) is 4.90 Å². The number of pyridine rings is 1. The number of rotatable bonds is 5. The van der Waals surface area contributed by atoms with Gasteiger partial charge in [-0.3, -0.25) is 9.78 Å². The molecule has 0 radical (unpaired) electrons. The summed E-state index contributed by atoms with van der Waals surface area (Å²) >= 11 is 0. The van der Waals surface area contributed by atoms with Crippen LogP contribution in [0.2, 0.25) is 0 Å². The molecule has 3 aromatic rings. The lowest BCUT2D eigenvalue weighted by molar-refractivity contribution is -0.132. The van der Waals surface area contributed by atoms with Crippen molar-refractivity contribution in [3.8, 4) is 11.4 Å². The van der Waals surface area contributed by atoms with Crippen molar-refractivity contribution in [2.45, 2.75) is 12.6 Å². The van der Waals surface area contributed by atoms with Gasteiger partial charge in [-0.1, -0.05) is 35.5 Å². The zero-order valence-electron chi connectivity index (χ0n) is 13.6. The van der Waals surface area contributed by atoms with E-state index >= 15 is 0 Å². The number of aromatic nitrogens is 3. The third-order valence-corrected chi connectivity index (χ3v) is 3.56. The molecule has 25 heavy (non-hydrogen) atoms. The Kier molecular flexibility index (Phi) is 6.21. The van der Waals surface area contributed by atoms with Gasteiger partial charge in [0.05, 0.1) is 6.54 Å². The lowest BCUT2D eigenvalue weighted by Crippen LogP contribution is -2.35. The fraction of sp³-hybridized carbons (Fsp3) is 0.176. The second kappa shape index (κ2) is 8.36. The fourth-order valence-corrected chi connectivity index (χ4v) is 2.25. The molecule has 0 aliphatic rings. The van der Waals surface area contributed by atoms with Crippen molar-refractivity contribution in [2.75, 3.05) is 7.05 Å². The molecule has 1 amide bonds. The molecular formula is C17H18ClN5O2. The maximum Gasteiger partial charge on any atom is 0.246 e. The fourth-order valence-electron chi connectivity index (χ4n) is 2.25. The summed E-state index contributed by atoms with van der Waals surface area (Å²) in [6.45, 7) is 0.187. The van der Waals surface area contributed by atoms with Gasteiger partial charge in [-0.15, -0.1) is 12.4 Å². The Morgan fingerprint density at radius 3 is 2.68 bits per heavy atom. The molecule has 0 aliphatic carbocycles. The zero-order chi connectivity index (χ0) is 16.9. The smallest absolute Gasteiger partial charge is 0.246 e. The summed E-state index contributed by atoms with van der Waals surface area (Å²) in [5.41, 5.74) is 7.54. The highest BCUT2D eigenvalue weighted by molar-refractivity contribution is 5.85. The van der Waals surface area contributed by atoms with Crippen LogP contribution in [0.5, 0.6) is 0 Å². The lowest BCUT2D eigenvalue weighted by atomic mass is 10.1. The molecule has 1 atom stereocenters. The van der Waals surface area contributed by atoms with Crippen molar-refractivity contribution in [2.24, 2.45) is 5.73 Å². The number of benzene rings is 1. The number of halogens is 1. The first-order valence-corrected chi connectivity index (χ1v) is 7.43. The molecule has 7 nitrogen and oxygen atoms in total. The SMILES string of the molecule is CN(Cc1nc(-c2cccnc2)no1)C(=O)C(N)c1ccccc1.Cl. The molecule has 0 aliphatic heterocycles. The van der Waals surface area contributed by atoms with Crippen molar-refractivity contribution < 1.29 is 9.32 Å². The minimum Gasteiger partial charge on any atom is -0.337 e. The van der Waals surface area contributed by atoms with Gasteiger partial charge in [0.15, 0.2) is 0 Å². The van der Waals surface area contributed by atoms with Gasteiger partial charge in [0.1, 0.15) is 6.04 Å². The summed E-state index contributed by atoms with van der Waals surface area (Å²) < 4.78 is 5.20. The number of carbonyl (C=O) groups excluding carboxylic acids is 1. The highest BCUT2D eigenvalue weighted by Crippen LogP contribution is 2.16. The molecule has 2 aromatic heterocycles. The van der Waals surface area contributed by atoms with E-state index < -0.39 is 6.04 Å². The predicted octanol–water partition coefficient (Wildman–Crippen LogP) is 2.21. The predicted molar refractivity (Wildman–Crippen MR) is 94.6 cm³/mol. The Balaban J connectivity index is 0.00000225. The molecule has 0 saturated carbocycles. The summed E-state index contributed by atoms with van der Waals surface area (Å²) in [6.07, 6.45) is 3.32. The molecule has 0 bridgehead atoms. The number of hydrogen-bond acceptors (Lipinski definition) is 6. The lowest BCUT2D eigenvalue weighted by Gasteiger charge is -2.19. The number of nitrogens with two attached hydrogens (primary N) is 1. The van der Waals surface area contributed by atoms with Gasteiger partial charge in [-0.25, -0.2) is 0 Å². The quantitative estimate of drug-likeness (QED) is 0.750. The Morgan fingerprint density at radius 1 is 1.24 bits per heavy atom. The molecule has 1 unspecified atom stereocenters. The normalized spacial score (nSPS) is 11.4. The molecule has 2 N–H and O–H groups in total. The van der Waals surface area contributed by atoms with Gasteiger partial charge in [-0.05, 0) is 17.7 Å². The van der Waals surface area contributed by atoms with Crippen molar-refractivity contribution in [3.63, 3.8) is 0 Å². The summed E-state index contributed by atoms with van der Waals surface area (Å²) in [5.74, 6) is 0.554. The van der Waals surface area contributed by atoms with Crippen LogP contribution in [0.4, 0.5) is 0 Å². The Hall–Kier alpha value is -2.77. The number of hydrogen-bond donors (Lipinski definition) is 1. The first-order valence-electron chi connectivity index (χ1n) is 7.43. The average molecular weight is 360 g/mol. The standard InChI is InChI=1S/C17H17N5O2.ClH/c1-22(17(23)15(18)12-6-3-2-4-7-12)11-14-20-16(21-24-14)13-8-5-9-19-10-13;/h2-10,15H,11,18H2,1H3;1H. The van der Waals surface area contributed by atoms with Crippen LogP contribution >= 0.6 is 12.4 Å². The van der Waals surface area contributed by atoms with E-state index in [9.17, 15) is 4.79 Å². The van der Waals surface area contributed by atoms with Crippen LogP contribution in [-0.2, 0) is 11.3 Å². The molecule has 130 valence electrons. The van der Waals surface area contributed by atoms with E-state index in [4.69, 9.17) is 10.3 Å². The van der Waals surface area contributed by atoms with E-state index in [0.29, 0.717) is 11.7 Å². The highest BCUT2D eigenvalue weighted by atomic mass is 35.5. The van der Waals surface area contributed by atoms with E-state index in [2.05, 4.69) is 15.1 Å². The van der Waals surface area contributed by atoms with Crippen LogP contribution in [0.25, 0.3) is 11.4 Å². The number of likely N-dealkylation sites (N-methyl/N-ethyl adjacent to an activating group) is 1. The summed E-state index contributed by atoms with van der Waals surface area (Å²) in [5, 5.41) is 3.91. The van der Waals surface area contributed by atoms with Gasteiger partial charge in [0.2, 0.25) is 17.6 Å². The topological polar surface area (TPSA) is 98.1 Å². The summed E-state index contributed by atoms with van der Waals surface area (Å²) in [6, 6.07) is 12.1. The van der Waals surface area contributed by atoms with Gasteiger partial charge in [0, 0.05) is 25.0 Å². The number of carbonyl (C=O) groups is 1. The van der Waals surface area contributed by atoms with Crippen LogP contribution in [0.3, 0.4) is 0 Å². The van der Waals surface area contributed by atoms with Crippen LogP contribution in [0.15, 0.2) is 59.4 Å². The maximum atomic E-state index is 12.4. The minimum atomic E-state index is -0.725. The van der Waals surface area contributed by atoms with Crippen LogP contribution in [-0.4, -0.2) is 33.0 Å². The molecule has 0 fully saturated rings. The zero-order valence-corrected chi connectivity index (χ0v) is 14.4. The van der Waals surface area contributed by atoms with Gasteiger partial charge < -0.3 is 15.2 Å². The molecule has 8 heteroatoms. The molecule has 3 rings (SSSR count). The number of nitrogens with zero attached hydrogens (tertiary/aromatic N) is 4. The van der Waals surface area contributed by atoms with Crippen molar-refractivity contribution in [1.29, 1.82) is 0 Å². The Morgan fingerprint density at radius 2 is 2.00 bits per heavy atom. The van der Waals surface area contributed by atoms with Crippen molar-refractivity contribution in [1.82, 2.24) is 20.0 Å². The van der Waals surface area contributed by atoms with E-state index in [0.717, 1.165) is 11.1 Å². The monoisotopic (exact) mass is 359 g/mol. The Labute approximate surface area is 151 Å². The van der Waals surface area contributed by atoms with E-state index in [1.54, 1.807) is 25.5 Å². The summed E-state index contributed by atoms with van der Waals surface area (Å²) in [7, 11) is 1.65. The molecule has 2 heterocycles. The minimum absolute atomic E-state index is 0. The van der Waals surface area contributed by atoms with E-state index in [-0.39, 0.29) is 24.9 Å². The summed E-state index contributed by atoms with van der Waals surface area (Å²) in [4.78, 5) is 22.2. The molecular weight excluding hydrogens is 342 g/mol. The van der Waals surface area contributed by atoms with Crippen LogP contribution in [0, 0.1) is 0 Å². The largest absolute Gasteiger partial charge is 0.337 e. The Bertz CT molecular complexity index is 810. The van der Waals surface area contributed by atoms with Gasteiger partial charge >= 0.3 is 0 Å². The van der Waals surface area contributed by atoms with Gasteiger partial charge in [0.25, 0.3) is 0 Å². The van der Waals surface area contributed by atoms with Crippen LogP contribution < -0.4 is 5.73 Å². The number of amides is 1. The first-order chi connectivity index (χ1) is 11.6. The highest BCUT2D eigenvalue weighted by Gasteiger charge is 2.21. The van der Waals surface area contributed by atoms with Gasteiger partial charge in [-0.2, -0.15) is 4.98 Å². The van der Waals surface area contributed by atoms with Crippen LogP contribution in [0.1, 0.15) is 17.5 Å². The molecule has 1 aromatic carbocycles. The molecule has 0 spiro atoms. The second-order valence-electron chi connectivity index (χ2n) is 5.34. The third-order valence-electron chi connectivity index (χ3n) is 3.56. The third kappa shape index (κ3) is 4.40. The second-order valence-corrected chi connectivity index (χ2v) is 5.34. The van der Waals surface area contributed by atoms with Crippen molar-refractivity contribution >= 4 is 18.3 Å². The molecule has 0 saturated heterocycles. The maximum absolute atomic E-state index is 12.4. The first kappa shape index (κ1) is 18.6. The van der Waals surface area contributed by atoms with Crippen molar-refractivity contribution in [3.05, 3.63) is 66.3 Å². The average Bonchev–Trinajstić information content (AvgIpc) is 3.10.